The van der Waals surface area contributed by atoms with Crippen LogP contribution in [0.15, 0.2) is 60.8 Å². The minimum atomic E-state index is -1.37. The molecule has 2 aliphatic heterocycles. The summed E-state index contributed by atoms with van der Waals surface area (Å²) in [6.07, 6.45) is 3.74. The molecule has 2 aliphatic rings. The molecule has 1 amide bonds. The lowest BCUT2D eigenvalue weighted by atomic mass is 10.0. The number of pyridine rings is 1. The fourth-order valence-corrected chi connectivity index (χ4v) is 5.56. The minimum Gasteiger partial charge on any atom is -0.381 e. The fraction of sp³-hybridized carbons (Fsp3) is 0.379. The van der Waals surface area contributed by atoms with Gasteiger partial charge in [0.05, 0.1) is 17.9 Å². The maximum atomic E-state index is 13.9. The number of nitrogens with zero attached hydrogens (tertiary/aromatic N) is 7. The lowest BCUT2D eigenvalue weighted by molar-refractivity contribution is -0.148. The summed E-state index contributed by atoms with van der Waals surface area (Å²) in [7, 11) is 0. The molecule has 2 saturated heterocycles. The molecule has 6 rings (SSSR count). The van der Waals surface area contributed by atoms with Gasteiger partial charge in [0.15, 0.2) is 5.65 Å². The van der Waals surface area contributed by atoms with E-state index in [4.69, 9.17) is 10.1 Å². The number of fused-ring (bicyclic) bond motifs is 1. The molecule has 2 fully saturated rings. The van der Waals surface area contributed by atoms with Gasteiger partial charge in [0.1, 0.15) is 28.7 Å². The van der Waals surface area contributed by atoms with Gasteiger partial charge < -0.3 is 19.8 Å². The summed E-state index contributed by atoms with van der Waals surface area (Å²) in [5, 5.41) is 15.0. The number of rotatable bonds is 5. The number of carbonyl (C=O) groups excluding carboxylic acids is 1. The largest absolute Gasteiger partial charge is 0.381 e. The van der Waals surface area contributed by atoms with Crippen LogP contribution >= 0.6 is 0 Å². The number of aliphatic hydroxyl groups is 1. The Hall–Kier alpha value is -4.05. The third kappa shape index (κ3) is 4.92. The highest BCUT2D eigenvalue weighted by Gasteiger charge is 2.32. The van der Waals surface area contributed by atoms with Crippen LogP contribution in [0.1, 0.15) is 38.3 Å². The molecule has 9 nitrogen and oxygen atoms in total. The molecule has 0 spiro atoms. The first-order valence-corrected chi connectivity index (χ1v) is 13.4. The van der Waals surface area contributed by atoms with Gasteiger partial charge in [0.2, 0.25) is 0 Å². The minimum absolute atomic E-state index is 0.0704. The van der Waals surface area contributed by atoms with Crippen LogP contribution in [0.4, 0.5) is 16.0 Å². The van der Waals surface area contributed by atoms with Crippen molar-refractivity contribution < 1.29 is 14.3 Å². The molecule has 4 aromatic rings. The summed E-state index contributed by atoms with van der Waals surface area (Å²) < 4.78 is 15.8. The Bertz CT molecular complexity index is 1510. The van der Waals surface area contributed by atoms with E-state index in [9.17, 15) is 14.3 Å². The van der Waals surface area contributed by atoms with Gasteiger partial charge in [-0.1, -0.05) is 18.2 Å². The van der Waals surface area contributed by atoms with Crippen LogP contribution in [0, 0.1) is 5.82 Å². The normalized spacial score (nSPS) is 18.3. The van der Waals surface area contributed by atoms with E-state index in [-0.39, 0.29) is 17.8 Å². The zero-order valence-corrected chi connectivity index (χ0v) is 22.2. The van der Waals surface area contributed by atoms with Crippen molar-refractivity contribution in [3.05, 3.63) is 72.2 Å². The van der Waals surface area contributed by atoms with E-state index in [1.165, 1.54) is 19.9 Å². The van der Waals surface area contributed by atoms with Crippen LogP contribution < -0.4 is 9.80 Å². The van der Waals surface area contributed by atoms with E-state index in [0.29, 0.717) is 26.2 Å². The summed E-state index contributed by atoms with van der Waals surface area (Å²) in [4.78, 5) is 28.0. The lowest BCUT2D eigenvalue weighted by Crippen LogP contribution is -2.54. The van der Waals surface area contributed by atoms with E-state index in [0.717, 1.165) is 53.6 Å². The molecule has 5 heterocycles. The summed E-state index contributed by atoms with van der Waals surface area (Å²) in [6, 6.07) is 16.7. The third-order valence-corrected chi connectivity index (χ3v) is 7.54. The molecule has 3 aromatic heterocycles. The molecule has 0 radical (unpaired) electrons. The Morgan fingerprint density at radius 3 is 2.56 bits per heavy atom. The third-order valence-electron chi connectivity index (χ3n) is 7.54. The van der Waals surface area contributed by atoms with Crippen molar-refractivity contribution >= 4 is 23.2 Å². The van der Waals surface area contributed by atoms with Gasteiger partial charge in [-0.2, -0.15) is 0 Å². The van der Waals surface area contributed by atoms with Gasteiger partial charge in [0, 0.05) is 32.7 Å². The number of aromatic nitrogens is 4. The Morgan fingerprint density at radius 1 is 1.00 bits per heavy atom. The SMILES string of the molecule is CC(C)(O)C(=O)N1CCN(c2cccc(-c3cnc4ccc(N5CCC[C@@H]5c5cccc(F)c5)nn34)n2)CC1. The number of carbonyl (C=O) groups is 1. The molecule has 0 saturated carbocycles. The van der Waals surface area contributed by atoms with Gasteiger partial charge in [-0.3, -0.25) is 4.79 Å². The zero-order valence-electron chi connectivity index (χ0n) is 22.2. The van der Waals surface area contributed by atoms with Crippen molar-refractivity contribution in [3.8, 4) is 11.4 Å². The van der Waals surface area contributed by atoms with Crippen LogP contribution in [0.25, 0.3) is 17.0 Å². The van der Waals surface area contributed by atoms with Gasteiger partial charge in [0.25, 0.3) is 5.91 Å². The topological polar surface area (TPSA) is 90.1 Å². The predicted octanol–water partition coefficient (Wildman–Crippen LogP) is 3.69. The monoisotopic (exact) mass is 529 g/mol. The van der Waals surface area contributed by atoms with Gasteiger partial charge in [-0.25, -0.2) is 18.9 Å². The number of hydrogen-bond donors (Lipinski definition) is 1. The molecule has 1 aromatic carbocycles. The molecule has 0 aliphatic carbocycles. The smallest absolute Gasteiger partial charge is 0.254 e. The molecule has 10 heteroatoms. The van der Waals surface area contributed by atoms with E-state index in [1.54, 1.807) is 23.2 Å². The van der Waals surface area contributed by atoms with Crippen molar-refractivity contribution in [2.75, 3.05) is 42.5 Å². The Kier molecular flexibility index (Phi) is 6.42. The van der Waals surface area contributed by atoms with Crippen LogP contribution in [0.5, 0.6) is 0 Å². The Morgan fingerprint density at radius 2 is 1.79 bits per heavy atom. The van der Waals surface area contributed by atoms with E-state index >= 15 is 0 Å². The predicted molar refractivity (Wildman–Crippen MR) is 147 cm³/mol. The first kappa shape index (κ1) is 25.2. The van der Waals surface area contributed by atoms with Crippen molar-refractivity contribution in [1.82, 2.24) is 24.5 Å². The van der Waals surface area contributed by atoms with E-state index in [1.807, 2.05) is 40.9 Å². The number of anilines is 2. The van der Waals surface area contributed by atoms with Crippen molar-refractivity contribution in [1.29, 1.82) is 0 Å². The first-order valence-electron chi connectivity index (χ1n) is 13.4. The zero-order chi connectivity index (χ0) is 27.1. The van der Waals surface area contributed by atoms with Gasteiger partial charge >= 0.3 is 0 Å². The second-order valence-electron chi connectivity index (χ2n) is 10.7. The Labute approximate surface area is 226 Å². The van der Waals surface area contributed by atoms with E-state index < -0.39 is 5.60 Å². The molecular formula is C29H32FN7O2. The second-order valence-corrected chi connectivity index (χ2v) is 10.7. The van der Waals surface area contributed by atoms with Gasteiger partial charge in [-0.05, 0) is 68.7 Å². The average Bonchev–Trinajstić information content (AvgIpc) is 3.60. The summed E-state index contributed by atoms with van der Waals surface area (Å²) in [5.74, 6) is 1.15. The van der Waals surface area contributed by atoms with Crippen LogP contribution in [-0.2, 0) is 4.79 Å². The average molecular weight is 530 g/mol. The van der Waals surface area contributed by atoms with Crippen LogP contribution in [0.2, 0.25) is 0 Å². The maximum Gasteiger partial charge on any atom is 0.254 e. The Balaban J connectivity index is 1.25. The highest BCUT2D eigenvalue weighted by atomic mass is 19.1. The van der Waals surface area contributed by atoms with E-state index in [2.05, 4.69) is 14.8 Å². The molecule has 0 unspecified atom stereocenters. The summed E-state index contributed by atoms with van der Waals surface area (Å²) >= 11 is 0. The quantitative estimate of drug-likeness (QED) is 0.422. The first-order chi connectivity index (χ1) is 18.8. The van der Waals surface area contributed by atoms with Crippen molar-refractivity contribution in [2.45, 2.75) is 38.3 Å². The van der Waals surface area contributed by atoms with Crippen LogP contribution in [0.3, 0.4) is 0 Å². The number of hydrogen-bond acceptors (Lipinski definition) is 7. The summed E-state index contributed by atoms with van der Waals surface area (Å²) in [6.45, 7) is 6.20. The number of benzene rings is 1. The van der Waals surface area contributed by atoms with Crippen molar-refractivity contribution in [2.24, 2.45) is 0 Å². The second kappa shape index (κ2) is 9.92. The maximum absolute atomic E-state index is 13.9. The number of imidazole rings is 1. The summed E-state index contributed by atoms with van der Waals surface area (Å²) in [5.41, 5.74) is 1.84. The van der Waals surface area contributed by atoms with Crippen molar-refractivity contribution in [3.63, 3.8) is 0 Å². The molecule has 202 valence electrons. The number of amides is 1. The molecular weight excluding hydrogens is 497 g/mol. The lowest BCUT2D eigenvalue weighted by Gasteiger charge is -2.37. The number of halogens is 1. The molecule has 1 atom stereocenters. The fourth-order valence-electron chi connectivity index (χ4n) is 5.56. The van der Waals surface area contributed by atoms with Crippen LogP contribution in [-0.4, -0.2) is 73.8 Å². The molecule has 0 bridgehead atoms. The highest BCUT2D eigenvalue weighted by Crippen LogP contribution is 2.35. The molecule has 39 heavy (non-hydrogen) atoms. The standard InChI is InChI=1S/C29H32FN7O2/c1-29(2,39)28(38)35-16-14-34(15-17-35)26-10-4-8-22(32-26)24-19-31-25-11-12-27(33-37(24)25)36-13-5-9-23(36)20-6-3-7-21(30)18-20/h3-4,6-8,10-12,18-19,23,39H,5,9,13-17H2,1-2H3/t23-/m1/s1. The molecule has 1 N–H and O–H groups in total. The van der Waals surface area contributed by atoms with Gasteiger partial charge in [-0.15, -0.1) is 5.10 Å². The number of piperazine rings is 1. The highest BCUT2D eigenvalue weighted by molar-refractivity contribution is 5.84.